The largest absolute Gasteiger partial charge is 0.398 e. The zero-order valence-corrected chi connectivity index (χ0v) is 11.4. The first-order valence-corrected chi connectivity index (χ1v) is 6.22. The number of hydrogen-bond donors (Lipinski definition) is 3. The molecule has 0 bridgehead atoms. The highest BCUT2D eigenvalue weighted by molar-refractivity contribution is 6.33. The van der Waals surface area contributed by atoms with Gasteiger partial charge >= 0.3 is 0 Å². The Morgan fingerprint density at radius 3 is 2.48 bits per heavy atom. The summed E-state index contributed by atoms with van der Waals surface area (Å²) in [6.45, 7) is 0. The van der Waals surface area contributed by atoms with Crippen molar-refractivity contribution in [2.24, 2.45) is 5.73 Å². The van der Waals surface area contributed by atoms with Crippen LogP contribution in [-0.2, 0) is 0 Å². The monoisotopic (exact) mass is 307 g/mol. The molecule has 5 nitrogen and oxygen atoms in total. The molecule has 0 saturated carbocycles. The summed E-state index contributed by atoms with van der Waals surface area (Å²) in [5, 5.41) is 2.85. The average molecular weight is 308 g/mol. The predicted molar refractivity (Wildman–Crippen MR) is 78.7 cm³/mol. The molecular weight excluding hydrogens is 297 g/mol. The number of amides is 2. The number of anilines is 2. The molecule has 2 aromatic carbocycles. The minimum absolute atomic E-state index is 0.240. The molecule has 0 heterocycles. The molecule has 0 atom stereocenters. The summed E-state index contributed by atoms with van der Waals surface area (Å²) in [6, 6.07) is 7.92. The number of primary amides is 1. The maximum Gasteiger partial charge on any atom is 0.255 e. The van der Waals surface area contributed by atoms with Crippen LogP contribution in [0.1, 0.15) is 20.7 Å². The summed E-state index contributed by atoms with van der Waals surface area (Å²) in [5.74, 6) is -2.14. The first kappa shape index (κ1) is 14.8. The van der Waals surface area contributed by atoms with Crippen LogP contribution >= 0.6 is 11.6 Å². The molecule has 0 unspecified atom stereocenters. The Morgan fingerprint density at radius 2 is 1.86 bits per heavy atom. The smallest absolute Gasteiger partial charge is 0.255 e. The van der Waals surface area contributed by atoms with E-state index in [9.17, 15) is 14.0 Å². The summed E-state index contributed by atoms with van der Waals surface area (Å²) < 4.78 is 13.3. The van der Waals surface area contributed by atoms with Crippen molar-refractivity contribution in [1.29, 1.82) is 0 Å². The van der Waals surface area contributed by atoms with Crippen molar-refractivity contribution in [3.05, 3.63) is 58.4 Å². The lowest BCUT2D eigenvalue weighted by Gasteiger charge is -2.08. The van der Waals surface area contributed by atoms with Gasteiger partial charge in [-0.3, -0.25) is 9.59 Å². The van der Waals surface area contributed by atoms with Gasteiger partial charge in [-0.05, 0) is 36.4 Å². The van der Waals surface area contributed by atoms with Gasteiger partial charge in [0.05, 0.1) is 16.3 Å². The van der Waals surface area contributed by atoms with Crippen LogP contribution < -0.4 is 16.8 Å². The predicted octanol–water partition coefficient (Wildman–Crippen LogP) is 2.41. The van der Waals surface area contributed by atoms with Crippen LogP contribution in [0.4, 0.5) is 15.8 Å². The van der Waals surface area contributed by atoms with Gasteiger partial charge in [0.2, 0.25) is 0 Å². The van der Waals surface area contributed by atoms with E-state index in [-0.39, 0.29) is 22.5 Å². The van der Waals surface area contributed by atoms with Gasteiger partial charge in [-0.25, -0.2) is 4.39 Å². The number of carbonyl (C=O) groups is 2. The fraction of sp³-hybridized carbons (Fsp3) is 0. The fourth-order valence-corrected chi connectivity index (χ4v) is 1.80. The number of nitrogens with one attached hydrogen (secondary N) is 1. The maximum absolute atomic E-state index is 13.3. The first-order chi connectivity index (χ1) is 9.88. The van der Waals surface area contributed by atoms with Crippen LogP contribution in [0.3, 0.4) is 0 Å². The second-order valence-electron chi connectivity index (χ2n) is 4.25. The molecule has 0 aliphatic carbocycles. The van der Waals surface area contributed by atoms with Crippen molar-refractivity contribution < 1.29 is 14.0 Å². The van der Waals surface area contributed by atoms with Crippen molar-refractivity contribution >= 4 is 34.8 Å². The zero-order valence-electron chi connectivity index (χ0n) is 10.7. The van der Waals surface area contributed by atoms with E-state index in [2.05, 4.69) is 5.32 Å². The number of nitrogens with two attached hydrogens (primary N) is 2. The van der Waals surface area contributed by atoms with E-state index < -0.39 is 17.6 Å². The topological polar surface area (TPSA) is 98.2 Å². The van der Waals surface area contributed by atoms with E-state index >= 15 is 0 Å². The van der Waals surface area contributed by atoms with Gasteiger partial charge in [0.15, 0.2) is 0 Å². The lowest BCUT2D eigenvalue weighted by Crippen LogP contribution is -2.16. The molecule has 2 rings (SSSR count). The van der Waals surface area contributed by atoms with Crippen LogP contribution in [0.2, 0.25) is 5.02 Å². The summed E-state index contributed by atoms with van der Waals surface area (Å²) in [4.78, 5) is 23.1. The highest BCUT2D eigenvalue weighted by atomic mass is 35.5. The van der Waals surface area contributed by atoms with Gasteiger partial charge in [0, 0.05) is 11.3 Å². The third-order valence-corrected chi connectivity index (χ3v) is 3.09. The summed E-state index contributed by atoms with van der Waals surface area (Å²) in [6.07, 6.45) is 0. The fourth-order valence-electron chi connectivity index (χ4n) is 1.68. The standard InChI is InChI=1S/C14H11ClFN3O2/c15-10-3-1-7(5-12(10)17)14(21)19-8-2-4-11(16)9(6-8)13(18)20/h1-6H,17H2,(H2,18,20)(H,19,21). The normalized spacial score (nSPS) is 10.2. The van der Waals surface area contributed by atoms with Crippen molar-refractivity contribution in [3.63, 3.8) is 0 Å². The second-order valence-corrected chi connectivity index (χ2v) is 4.66. The van der Waals surface area contributed by atoms with Crippen LogP contribution in [0.5, 0.6) is 0 Å². The van der Waals surface area contributed by atoms with Gasteiger partial charge in [0.25, 0.3) is 11.8 Å². The Morgan fingerprint density at radius 1 is 1.14 bits per heavy atom. The molecule has 2 amide bonds. The quantitative estimate of drug-likeness (QED) is 0.759. The number of benzene rings is 2. The number of halogens is 2. The third-order valence-electron chi connectivity index (χ3n) is 2.75. The molecule has 0 radical (unpaired) electrons. The number of hydrogen-bond acceptors (Lipinski definition) is 3. The van der Waals surface area contributed by atoms with Crippen LogP contribution in [0.15, 0.2) is 36.4 Å². The van der Waals surface area contributed by atoms with Gasteiger partial charge in [-0.1, -0.05) is 11.6 Å². The Kier molecular flexibility index (Phi) is 4.09. The van der Waals surface area contributed by atoms with Crippen LogP contribution in [-0.4, -0.2) is 11.8 Å². The van der Waals surface area contributed by atoms with Crippen molar-refractivity contribution in [1.82, 2.24) is 0 Å². The minimum Gasteiger partial charge on any atom is -0.398 e. The van der Waals surface area contributed by atoms with Gasteiger partial charge in [-0.15, -0.1) is 0 Å². The first-order valence-electron chi connectivity index (χ1n) is 5.84. The molecule has 7 heteroatoms. The summed E-state index contributed by atoms with van der Waals surface area (Å²) in [7, 11) is 0. The minimum atomic E-state index is -0.917. The molecule has 108 valence electrons. The number of nitrogen functional groups attached to an aromatic ring is 1. The highest BCUT2D eigenvalue weighted by Crippen LogP contribution is 2.21. The molecule has 0 spiro atoms. The highest BCUT2D eigenvalue weighted by Gasteiger charge is 2.12. The second kappa shape index (κ2) is 5.80. The van der Waals surface area contributed by atoms with Crippen molar-refractivity contribution in [3.8, 4) is 0 Å². The number of carbonyl (C=O) groups excluding carboxylic acids is 2. The van der Waals surface area contributed by atoms with Gasteiger partial charge < -0.3 is 16.8 Å². The molecule has 0 saturated heterocycles. The summed E-state index contributed by atoms with van der Waals surface area (Å²) in [5.41, 5.74) is 11.1. The van der Waals surface area contributed by atoms with Crippen molar-refractivity contribution in [2.75, 3.05) is 11.1 Å². The molecule has 21 heavy (non-hydrogen) atoms. The van der Waals surface area contributed by atoms with Crippen LogP contribution in [0, 0.1) is 5.82 Å². The molecular formula is C14H11ClFN3O2. The lowest BCUT2D eigenvalue weighted by molar-refractivity contribution is 0.0992. The molecule has 0 aromatic heterocycles. The Hall–Kier alpha value is -2.60. The molecule has 0 aliphatic rings. The van der Waals surface area contributed by atoms with E-state index in [1.165, 1.54) is 24.3 Å². The van der Waals surface area contributed by atoms with E-state index in [0.717, 1.165) is 12.1 Å². The molecule has 2 aromatic rings. The average Bonchev–Trinajstić information content (AvgIpc) is 2.43. The van der Waals surface area contributed by atoms with Crippen molar-refractivity contribution in [2.45, 2.75) is 0 Å². The zero-order chi connectivity index (χ0) is 15.6. The Bertz CT molecular complexity index is 734. The molecule has 0 fully saturated rings. The van der Waals surface area contributed by atoms with E-state index in [1.807, 2.05) is 0 Å². The Labute approximate surface area is 124 Å². The maximum atomic E-state index is 13.3. The molecule has 0 aliphatic heterocycles. The van der Waals surface area contributed by atoms with E-state index in [4.69, 9.17) is 23.1 Å². The molecule has 5 N–H and O–H groups in total. The summed E-state index contributed by atoms with van der Waals surface area (Å²) >= 11 is 5.77. The van der Waals surface area contributed by atoms with Gasteiger partial charge in [0.1, 0.15) is 5.82 Å². The third kappa shape index (κ3) is 3.29. The van der Waals surface area contributed by atoms with Crippen LogP contribution in [0.25, 0.3) is 0 Å². The number of rotatable bonds is 3. The lowest BCUT2D eigenvalue weighted by atomic mass is 10.1. The SMILES string of the molecule is NC(=O)c1cc(NC(=O)c2ccc(Cl)c(N)c2)ccc1F. The Balaban J connectivity index is 2.25. The van der Waals surface area contributed by atoms with E-state index in [0.29, 0.717) is 5.02 Å². The van der Waals surface area contributed by atoms with Gasteiger partial charge in [-0.2, -0.15) is 0 Å². The van der Waals surface area contributed by atoms with E-state index in [1.54, 1.807) is 0 Å².